The van der Waals surface area contributed by atoms with Crippen LogP contribution in [-0.2, 0) is 4.74 Å². The monoisotopic (exact) mass is 221 g/mol. The average Bonchev–Trinajstić information content (AvgIpc) is 2.46. The number of hydrogen-bond acceptors (Lipinski definition) is 2. The van der Waals surface area contributed by atoms with Gasteiger partial charge in [-0.2, -0.15) is 0 Å². The predicted octanol–water partition coefficient (Wildman–Crippen LogP) is 2.71. The summed E-state index contributed by atoms with van der Waals surface area (Å²) in [6.45, 7) is 4.05. The van der Waals surface area contributed by atoms with E-state index in [9.17, 15) is 4.79 Å². The molecule has 0 saturated heterocycles. The second-order valence-corrected chi connectivity index (χ2v) is 4.72. The fourth-order valence-corrected chi connectivity index (χ4v) is 2.33. The third-order valence-electron chi connectivity index (χ3n) is 2.96. The number of carboxylic acid groups (broad SMARTS) is 1. The Labute approximate surface area is 94.5 Å². The van der Waals surface area contributed by atoms with Gasteiger partial charge in [-0.3, -0.25) is 4.90 Å². The van der Waals surface area contributed by atoms with Crippen LogP contribution in [0.25, 0.3) is 0 Å². The van der Waals surface area contributed by atoms with Crippen LogP contribution in [0.4, 0.5) is 4.79 Å². The number of ether oxygens (including phenoxy) is 1. The maximum absolute atomic E-state index is 11.0. The second kappa shape index (κ2) is 3.40. The van der Waals surface area contributed by atoms with Crippen LogP contribution in [0.15, 0.2) is 35.4 Å². The minimum Gasteiger partial charge on any atom is -0.465 e. The lowest BCUT2D eigenvalue weighted by molar-refractivity contribution is 0.156. The van der Waals surface area contributed by atoms with Crippen molar-refractivity contribution in [2.45, 2.75) is 20.3 Å². The van der Waals surface area contributed by atoms with Crippen LogP contribution in [0.5, 0.6) is 0 Å². The number of amides is 1. The van der Waals surface area contributed by atoms with Crippen molar-refractivity contribution >= 4 is 6.09 Å². The molecule has 1 aliphatic heterocycles. The quantitative estimate of drug-likeness (QED) is 0.740. The van der Waals surface area contributed by atoms with Gasteiger partial charge in [0, 0.05) is 12.5 Å². The lowest BCUT2D eigenvalue weighted by Crippen LogP contribution is -2.31. The van der Waals surface area contributed by atoms with Gasteiger partial charge >= 0.3 is 6.09 Å². The smallest absolute Gasteiger partial charge is 0.411 e. The lowest BCUT2D eigenvalue weighted by Gasteiger charge is -2.27. The molecular formula is C12H15NO3. The van der Waals surface area contributed by atoms with E-state index in [2.05, 4.69) is 0 Å². The Hall–Kier alpha value is -1.71. The fourth-order valence-electron chi connectivity index (χ4n) is 2.33. The maximum atomic E-state index is 11.0. The number of allylic oxidation sites excluding steroid dienone is 4. The van der Waals surface area contributed by atoms with Crippen molar-refractivity contribution in [1.29, 1.82) is 0 Å². The second-order valence-electron chi connectivity index (χ2n) is 4.72. The normalized spacial score (nSPS) is 21.3. The van der Waals surface area contributed by atoms with Gasteiger partial charge in [0.15, 0.2) is 0 Å². The number of rotatable bonds is 1. The Morgan fingerprint density at radius 2 is 2.25 bits per heavy atom. The van der Waals surface area contributed by atoms with Gasteiger partial charge in [0.2, 0.25) is 0 Å². The Balaban J connectivity index is 2.50. The van der Waals surface area contributed by atoms with E-state index in [0.29, 0.717) is 5.76 Å². The molecule has 2 rings (SSSR count). The molecular weight excluding hydrogens is 206 g/mol. The summed E-state index contributed by atoms with van der Waals surface area (Å²) in [6.07, 6.45) is 5.23. The molecule has 0 radical (unpaired) electrons. The van der Waals surface area contributed by atoms with Crippen LogP contribution in [-0.4, -0.2) is 23.1 Å². The first-order chi connectivity index (χ1) is 7.43. The molecule has 0 aromatic rings. The van der Waals surface area contributed by atoms with E-state index in [-0.39, 0.29) is 5.41 Å². The van der Waals surface area contributed by atoms with E-state index in [1.807, 2.05) is 26.0 Å². The van der Waals surface area contributed by atoms with E-state index in [1.165, 1.54) is 4.90 Å². The van der Waals surface area contributed by atoms with Crippen LogP contribution in [0.3, 0.4) is 0 Å². The van der Waals surface area contributed by atoms with Crippen molar-refractivity contribution < 1.29 is 14.6 Å². The first-order valence-electron chi connectivity index (χ1n) is 5.17. The van der Waals surface area contributed by atoms with Crippen LogP contribution < -0.4 is 0 Å². The lowest BCUT2D eigenvalue weighted by atomic mass is 9.88. The minimum absolute atomic E-state index is 0.208. The first-order valence-corrected chi connectivity index (χ1v) is 5.17. The van der Waals surface area contributed by atoms with Crippen molar-refractivity contribution in [2.24, 2.45) is 5.41 Å². The van der Waals surface area contributed by atoms with E-state index < -0.39 is 6.09 Å². The molecule has 2 aliphatic rings. The molecule has 4 heteroatoms. The van der Waals surface area contributed by atoms with Gasteiger partial charge in [0.05, 0.1) is 12.0 Å². The SMILES string of the molecule is CN(C(=O)O)C1=C2OC=CC=C2CC1(C)C. The Kier molecular flexibility index (Phi) is 2.30. The summed E-state index contributed by atoms with van der Waals surface area (Å²) < 4.78 is 5.45. The summed E-state index contributed by atoms with van der Waals surface area (Å²) in [5, 5.41) is 9.06. The summed E-state index contributed by atoms with van der Waals surface area (Å²) in [4.78, 5) is 12.3. The Morgan fingerprint density at radius 3 is 2.88 bits per heavy atom. The van der Waals surface area contributed by atoms with Crippen molar-refractivity contribution in [2.75, 3.05) is 7.05 Å². The van der Waals surface area contributed by atoms with E-state index in [4.69, 9.17) is 9.84 Å². The zero-order valence-electron chi connectivity index (χ0n) is 9.65. The van der Waals surface area contributed by atoms with Crippen LogP contribution >= 0.6 is 0 Å². The highest BCUT2D eigenvalue weighted by molar-refractivity contribution is 5.69. The molecule has 1 aliphatic carbocycles. The van der Waals surface area contributed by atoms with Gasteiger partial charge in [0.1, 0.15) is 5.76 Å². The van der Waals surface area contributed by atoms with E-state index in [1.54, 1.807) is 13.3 Å². The number of carbonyl (C=O) groups is 1. The van der Waals surface area contributed by atoms with Crippen molar-refractivity contribution in [3.63, 3.8) is 0 Å². The summed E-state index contributed by atoms with van der Waals surface area (Å²) in [6, 6.07) is 0. The summed E-state index contributed by atoms with van der Waals surface area (Å²) in [7, 11) is 1.55. The molecule has 0 fully saturated rings. The van der Waals surface area contributed by atoms with E-state index >= 15 is 0 Å². The van der Waals surface area contributed by atoms with Gasteiger partial charge in [0.25, 0.3) is 0 Å². The highest BCUT2D eigenvalue weighted by Gasteiger charge is 2.41. The van der Waals surface area contributed by atoms with Crippen molar-refractivity contribution in [3.8, 4) is 0 Å². The summed E-state index contributed by atoms with van der Waals surface area (Å²) >= 11 is 0. The van der Waals surface area contributed by atoms with Crippen LogP contribution in [0.1, 0.15) is 20.3 Å². The summed E-state index contributed by atoms with van der Waals surface area (Å²) in [5.74, 6) is 0.692. The minimum atomic E-state index is -0.963. The molecule has 0 aromatic carbocycles. The molecule has 1 heterocycles. The van der Waals surface area contributed by atoms with Gasteiger partial charge < -0.3 is 9.84 Å². The topological polar surface area (TPSA) is 49.8 Å². The first kappa shape index (κ1) is 10.8. The molecule has 16 heavy (non-hydrogen) atoms. The average molecular weight is 221 g/mol. The highest BCUT2D eigenvalue weighted by Crippen LogP contribution is 2.47. The number of hydrogen-bond donors (Lipinski definition) is 1. The zero-order valence-corrected chi connectivity index (χ0v) is 9.65. The third kappa shape index (κ3) is 1.50. The molecule has 0 bridgehead atoms. The van der Waals surface area contributed by atoms with Gasteiger partial charge in [-0.25, -0.2) is 4.79 Å². The Morgan fingerprint density at radius 1 is 1.56 bits per heavy atom. The molecule has 1 amide bonds. The maximum Gasteiger partial charge on any atom is 0.411 e. The zero-order chi connectivity index (χ0) is 11.9. The third-order valence-corrected chi connectivity index (χ3v) is 2.96. The molecule has 0 unspecified atom stereocenters. The molecule has 0 saturated carbocycles. The number of nitrogens with zero attached hydrogens (tertiary/aromatic N) is 1. The summed E-state index contributed by atoms with van der Waals surface area (Å²) in [5.41, 5.74) is 1.59. The molecule has 1 N–H and O–H groups in total. The fraction of sp³-hybridized carbons (Fsp3) is 0.417. The largest absolute Gasteiger partial charge is 0.465 e. The molecule has 0 spiro atoms. The predicted molar refractivity (Wildman–Crippen MR) is 59.5 cm³/mol. The van der Waals surface area contributed by atoms with Gasteiger partial charge in [-0.15, -0.1) is 0 Å². The van der Waals surface area contributed by atoms with Crippen molar-refractivity contribution in [1.82, 2.24) is 4.90 Å². The van der Waals surface area contributed by atoms with Crippen molar-refractivity contribution in [3.05, 3.63) is 35.4 Å². The Bertz CT molecular complexity index is 430. The molecule has 4 nitrogen and oxygen atoms in total. The number of fused-ring (bicyclic) bond motifs is 1. The van der Waals surface area contributed by atoms with Gasteiger partial charge in [-0.1, -0.05) is 19.9 Å². The van der Waals surface area contributed by atoms with Crippen LogP contribution in [0, 0.1) is 5.41 Å². The standard InChI is InChI=1S/C12H15NO3/c1-12(2)7-8-5-4-6-16-9(8)10(12)13(3)11(14)15/h4-6H,7H2,1-3H3,(H,14,15). The molecule has 0 aromatic heterocycles. The van der Waals surface area contributed by atoms with Crippen LogP contribution in [0.2, 0.25) is 0 Å². The van der Waals surface area contributed by atoms with E-state index in [0.717, 1.165) is 17.7 Å². The molecule has 0 atom stereocenters. The van der Waals surface area contributed by atoms with Gasteiger partial charge in [-0.05, 0) is 18.1 Å². The molecule has 86 valence electrons. The highest BCUT2D eigenvalue weighted by atomic mass is 16.5.